The lowest BCUT2D eigenvalue weighted by Crippen LogP contribution is -2.19. The molecule has 2 heterocycles. The number of ether oxygens (including phenoxy) is 3. The number of carbonyl (C=O) groups is 2. The van der Waals surface area contributed by atoms with E-state index in [-0.39, 0.29) is 11.7 Å². The van der Waals surface area contributed by atoms with Gasteiger partial charge < -0.3 is 23.2 Å². The Balaban J connectivity index is 1.77. The number of esters is 1. The molecule has 1 amide bonds. The Hall–Kier alpha value is -3.43. The summed E-state index contributed by atoms with van der Waals surface area (Å²) in [4.78, 5) is 30.0. The zero-order chi connectivity index (χ0) is 23.4. The number of aromatic nitrogens is 1. The fourth-order valence-electron chi connectivity index (χ4n) is 3.46. The lowest BCUT2D eigenvalue weighted by molar-refractivity contribution is 0.0526. The van der Waals surface area contributed by atoms with Crippen molar-refractivity contribution in [3.05, 3.63) is 58.6 Å². The smallest absolute Gasteiger partial charge is 0.338 e. The van der Waals surface area contributed by atoms with Gasteiger partial charge in [-0.2, -0.15) is 4.99 Å². The number of methoxy groups -OCH3 is 1. The molecule has 4 aromatic rings. The van der Waals surface area contributed by atoms with Gasteiger partial charge >= 0.3 is 11.9 Å². The van der Waals surface area contributed by atoms with E-state index in [1.807, 2.05) is 29.7 Å². The Morgan fingerprint density at radius 3 is 2.73 bits per heavy atom. The minimum absolute atomic E-state index is 0.121. The number of amides is 1. The van der Waals surface area contributed by atoms with Crippen LogP contribution in [0.15, 0.2) is 51.9 Å². The molecule has 0 aliphatic carbocycles. The first kappa shape index (κ1) is 22.8. The van der Waals surface area contributed by atoms with E-state index < -0.39 is 5.91 Å². The quantitative estimate of drug-likeness (QED) is 0.281. The van der Waals surface area contributed by atoms with Crippen molar-refractivity contribution in [1.29, 1.82) is 0 Å². The van der Waals surface area contributed by atoms with Crippen molar-refractivity contribution in [2.45, 2.75) is 20.4 Å². The van der Waals surface area contributed by atoms with E-state index in [2.05, 4.69) is 4.99 Å². The van der Waals surface area contributed by atoms with Crippen LogP contribution in [-0.2, 0) is 16.0 Å². The zero-order valence-corrected chi connectivity index (χ0v) is 19.4. The average Bonchev–Trinajstić information content (AvgIpc) is 3.40. The molecule has 8 nitrogen and oxygen atoms in total. The summed E-state index contributed by atoms with van der Waals surface area (Å²) in [5.41, 5.74) is 1.80. The number of hydrogen-bond acceptors (Lipinski definition) is 7. The maximum atomic E-state index is 13.0. The summed E-state index contributed by atoms with van der Waals surface area (Å²) in [7, 11) is 1.55. The molecule has 0 unspecified atom stereocenters. The first-order chi connectivity index (χ1) is 16.0. The summed E-state index contributed by atoms with van der Waals surface area (Å²) < 4.78 is 24.4. The van der Waals surface area contributed by atoms with Gasteiger partial charge in [-0.05, 0) is 44.2 Å². The van der Waals surface area contributed by atoms with Crippen molar-refractivity contribution in [2.75, 3.05) is 26.9 Å². The van der Waals surface area contributed by atoms with Gasteiger partial charge in [-0.1, -0.05) is 23.5 Å². The predicted molar refractivity (Wildman–Crippen MR) is 125 cm³/mol. The van der Waals surface area contributed by atoms with Gasteiger partial charge in [-0.3, -0.25) is 4.79 Å². The number of para-hydroxylation sites is 1. The van der Waals surface area contributed by atoms with Gasteiger partial charge in [0.05, 0.1) is 36.1 Å². The van der Waals surface area contributed by atoms with E-state index in [1.165, 1.54) is 11.3 Å². The molecule has 4 rings (SSSR count). The molecule has 0 aliphatic heterocycles. The number of carbonyl (C=O) groups excluding carboxylic acids is 2. The highest BCUT2D eigenvalue weighted by atomic mass is 32.1. The average molecular weight is 469 g/mol. The molecule has 2 aromatic carbocycles. The third kappa shape index (κ3) is 4.69. The Bertz CT molecular complexity index is 1380. The van der Waals surface area contributed by atoms with Crippen LogP contribution in [0.3, 0.4) is 0 Å². The summed E-state index contributed by atoms with van der Waals surface area (Å²) in [5.74, 6) is -0.225. The number of benzene rings is 2. The number of fused-ring (bicyclic) bond motifs is 2. The van der Waals surface area contributed by atoms with Crippen molar-refractivity contribution in [3.8, 4) is 5.75 Å². The van der Waals surface area contributed by atoms with Gasteiger partial charge in [0, 0.05) is 18.5 Å². The van der Waals surface area contributed by atoms with Gasteiger partial charge in [0.1, 0.15) is 0 Å². The third-order valence-corrected chi connectivity index (χ3v) is 6.03. The van der Waals surface area contributed by atoms with E-state index in [0.29, 0.717) is 48.1 Å². The first-order valence-electron chi connectivity index (χ1n) is 10.6. The SMILES string of the molecule is CCOCCn1c(=NC(=O)c2cc3cccc(OC)c3o2)sc2cc(C(=O)OCC)ccc21. The number of thiazole rings is 1. The van der Waals surface area contributed by atoms with Crippen LogP contribution in [0, 0.1) is 0 Å². The van der Waals surface area contributed by atoms with E-state index in [9.17, 15) is 9.59 Å². The molecule has 0 spiro atoms. The van der Waals surface area contributed by atoms with Crippen molar-refractivity contribution in [1.82, 2.24) is 4.57 Å². The standard InChI is InChI=1S/C24H24N2O6S/c1-4-30-12-11-26-17-10-9-16(23(28)31-5-2)14-20(17)33-24(26)25-22(27)19-13-15-7-6-8-18(29-3)21(15)32-19/h6-10,13-14H,4-5,11-12H2,1-3H3. The third-order valence-electron chi connectivity index (χ3n) is 4.99. The van der Waals surface area contributed by atoms with Gasteiger partial charge in [0.25, 0.3) is 0 Å². The fraction of sp³-hybridized carbons (Fsp3) is 0.292. The highest BCUT2D eigenvalue weighted by molar-refractivity contribution is 7.16. The summed E-state index contributed by atoms with van der Waals surface area (Å²) >= 11 is 1.31. The highest BCUT2D eigenvalue weighted by Gasteiger charge is 2.16. The number of furan rings is 1. The summed E-state index contributed by atoms with van der Waals surface area (Å²) in [6, 6.07) is 12.4. The molecular formula is C24H24N2O6S. The van der Waals surface area contributed by atoms with Gasteiger partial charge in [-0.25, -0.2) is 4.79 Å². The number of hydrogen-bond donors (Lipinski definition) is 0. The van der Waals surface area contributed by atoms with Crippen LogP contribution in [0.2, 0.25) is 0 Å². The second kappa shape index (κ2) is 10.0. The maximum Gasteiger partial charge on any atom is 0.338 e. The molecule has 0 saturated carbocycles. The van der Waals surface area contributed by atoms with E-state index in [1.54, 1.807) is 38.3 Å². The highest BCUT2D eigenvalue weighted by Crippen LogP contribution is 2.29. The summed E-state index contributed by atoms with van der Waals surface area (Å²) in [6.07, 6.45) is 0. The van der Waals surface area contributed by atoms with Crippen LogP contribution in [0.5, 0.6) is 5.75 Å². The molecule has 172 valence electrons. The summed E-state index contributed by atoms with van der Waals surface area (Å²) in [6.45, 7) is 5.54. The Kier molecular flexibility index (Phi) is 6.90. The molecule has 0 saturated heterocycles. The Labute approximate surface area is 194 Å². The molecule has 0 fully saturated rings. The van der Waals surface area contributed by atoms with Crippen LogP contribution < -0.4 is 9.54 Å². The van der Waals surface area contributed by atoms with Crippen LogP contribution in [0.25, 0.3) is 21.2 Å². The molecule has 9 heteroatoms. The molecule has 2 aromatic heterocycles. The minimum Gasteiger partial charge on any atom is -0.493 e. The van der Waals surface area contributed by atoms with Crippen molar-refractivity contribution in [2.24, 2.45) is 4.99 Å². The normalized spacial score (nSPS) is 11.9. The van der Waals surface area contributed by atoms with Crippen molar-refractivity contribution >= 4 is 44.4 Å². The topological polar surface area (TPSA) is 92.3 Å². The maximum absolute atomic E-state index is 13.0. The number of nitrogens with zero attached hydrogens (tertiary/aromatic N) is 2. The first-order valence-corrected chi connectivity index (χ1v) is 11.4. The van der Waals surface area contributed by atoms with Gasteiger partial charge in [0.15, 0.2) is 21.9 Å². The fourth-order valence-corrected chi connectivity index (χ4v) is 4.55. The predicted octanol–water partition coefficient (Wildman–Crippen LogP) is 4.41. The van der Waals surface area contributed by atoms with Gasteiger partial charge in [0.2, 0.25) is 0 Å². The molecule has 33 heavy (non-hydrogen) atoms. The Morgan fingerprint density at radius 1 is 1.12 bits per heavy atom. The van der Waals surface area contributed by atoms with Crippen LogP contribution in [0.1, 0.15) is 34.8 Å². The van der Waals surface area contributed by atoms with Crippen LogP contribution in [0.4, 0.5) is 0 Å². The lowest BCUT2D eigenvalue weighted by Gasteiger charge is -2.06. The molecule has 0 bridgehead atoms. The monoisotopic (exact) mass is 468 g/mol. The van der Waals surface area contributed by atoms with Crippen LogP contribution >= 0.6 is 11.3 Å². The molecule has 0 N–H and O–H groups in total. The van der Waals surface area contributed by atoms with Crippen LogP contribution in [-0.4, -0.2) is 43.4 Å². The zero-order valence-electron chi connectivity index (χ0n) is 18.6. The molecule has 0 aliphatic rings. The second-order valence-corrected chi connectivity index (χ2v) is 8.05. The van der Waals surface area contributed by atoms with E-state index in [4.69, 9.17) is 18.6 Å². The van der Waals surface area contributed by atoms with E-state index in [0.717, 1.165) is 15.6 Å². The molecule has 0 atom stereocenters. The second-order valence-electron chi connectivity index (χ2n) is 7.04. The lowest BCUT2D eigenvalue weighted by atomic mass is 10.2. The summed E-state index contributed by atoms with van der Waals surface area (Å²) in [5, 5.41) is 0.757. The molecular weight excluding hydrogens is 444 g/mol. The number of rotatable bonds is 8. The minimum atomic E-state index is -0.504. The van der Waals surface area contributed by atoms with Crippen molar-refractivity contribution in [3.63, 3.8) is 0 Å². The van der Waals surface area contributed by atoms with Crippen molar-refractivity contribution < 1.29 is 28.2 Å². The Morgan fingerprint density at radius 2 is 1.97 bits per heavy atom. The largest absolute Gasteiger partial charge is 0.493 e. The van der Waals surface area contributed by atoms with Gasteiger partial charge in [-0.15, -0.1) is 0 Å². The molecule has 0 radical (unpaired) electrons. The van der Waals surface area contributed by atoms with E-state index >= 15 is 0 Å².